The molecule has 0 saturated heterocycles. The normalized spacial score (nSPS) is 10.2. The Labute approximate surface area is 127 Å². The summed E-state index contributed by atoms with van der Waals surface area (Å²) >= 11 is 11.6. The topological polar surface area (TPSA) is 103 Å². The van der Waals surface area contributed by atoms with Crippen molar-refractivity contribution in [1.29, 1.82) is 0 Å². The second-order valence-electron chi connectivity index (χ2n) is 3.79. The van der Waals surface area contributed by atoms with Gasteiger partial charge in [-0.05, 0) is 12.1 Å². The zero-order valence-electron chi connectivity index (χ0n) is 10.1. The SMILES string of the molecule is O=C(O)c1cnc(Oc2ccc([N+](=O)[O-])c(Cl)c2)c(Cl)c1. The van der Waals surface area contributed by atoms with Gasteiger partial charge < -0.3 is 9.84 Å². The van der Waals surface area contributed by atoms with Crippen molar-refractivity contribution in [2.24, 2.45) is 0 Å². The summed E-state index contributed by atoms with van der Waals surface area (Å²) in [5, 5.41) is 19.3. The zero-order chi connectivity index (χ0) is 15.6. The lowest BCUT2D eigenvalue weighted by Gasteiger charge is -2.07. The molecule has 1 aromatic heterocycles. The van der Waals surface area contributed by atoms with Gasteiger partial charge in [0.15, 0.2) is 0 Å². The average Bonchev–Trinajstić information content (AvgIpc) is 2.40. The van der Waals surface area contributed by atoms with Crippen molar-refractivity contribution >= 4 is 34.9 Å². The predicted octanol–water partition coefficient (Wildman–Crippen LogP) is 3.79. The lowest BCUT2D eigenvalue weighted by molar-refractivity contribution is -0.384. The number of hydrogen-bond acceptors (Lipinski definition) is 5. The maximum atomic E-state index is 10.7. The Kier molecular flexibility index (Phi) is 4.25. The van der Waals surface area contributed by atoms with E-state index in [1.54, 1.807) is 0 Å². The fraction of sp³-hybridized carbons (Fsp3) is 0. The van der Waals surface area contributed by atoms with E-state index in [1.807, 2.05) is 0 Å². The van der Waals surface area contributed by atoms with Gasteiger partial charge in [0.2, 0.25) is 5.88 Å². The first-order chi connectivity index (χ1) is 9.88. The second-order valence-corrected chi connectivity index (χ2v) is 4.60. The van der Waals surface area contributed by atoms with Gasteiger partial charge >= 0.3 is 5.97 Å². The second kappa shape index (κ2) is 5.94. The highest BCUT2D eigenvalue weighted by Gasteiger charge is 2.15. The van der Waals surface area contributed by atoms with Crippen LogP contribution in [0.5, 0.6) is 11.6 Å². The highest BCUT2D eigenvalue weighted by Crippen LogP contribution is 2.32. The molecular formula is C12H6Cl2N2O5. The van der Waals surface area contributed by atoms with Gasteiger partial charge in [0.1, 0.15) is 15.8 Å². The molecule has 0 radical (unpaired) electrons. The number of aromatic nitrogens is 1. The molecule has 0 fully saturated rings. The van der Waals surface area contributed by atoms with Crippen molar-refractivity contribution in [1.82, 2.24) is 4.98 Å². The van der Waals surface area contributed by atoms with Crippen molar-refractivity contribution in [3.8, 4) is 11.6 Å². The molecule has 2 aromatic rings. The molecule has 0 spiro atoms. The molecule has 0 amide bonds. The van der Waals surface area contributed by atoms with E-state index in [4.69, 9.17) is 33.0 Å². The number of carboxylic acids is 1. The van der Waals surface area contributed by atoms with Crippen molar-refractivity contribution < 1.29 is 19.6 Å². The van der Waals surface area contributed by atoms with E-state index in [-0.39, 0.29) is 32.9 Å². The van der Waals surface area contributed by atoms with E-state index >= 15 is 0 Å². The van der Waals surface area contributed by atoms with Crippen molar-refractivity contribution in [2.45, 2.75) is 0 Å². The number of carbonyl (C=O) groups is 1. The zero-order valence-corrected chi connectivity index (χ0v) is 11.6. The first-order valence-electron chi connectivity index (χ1n) is 5.39. The Hall–Kier alpha value is -2.38. The van der Waals surface area contributed by atoms with E-state index < -0.39 is 10.9 Å². The number of pyridine rings is 1. The number of benzene rings is 1. The maximum Gasteiger partial charge on any atom is 0.337 e. The molecule has 1 heterocycles. The van der Waals surface area contributed by atoms with Gasteiger partial charge in [-0.3, -0.25) is 10.1 Å². The molecule has 7 nitrogen and oxygen atoms in total. The van der Waals surface area contributed by atoms with Gasteiger partial charge in [0.05, 0.1) is 10.5 Å². The minimum absolute atomic E-state index is 0.00984. The Morgan fingerprint density at radius 3 is 2.52 bits per heavy atom. The molecule has 2 rings (SSSR count). The largest absolute Gasteiger partial charge is 0.478 e. The summed E-state index contributed by atoms with van der Waals surface area (Å²) in [6.45, 7) is 0. The number of rotatable bonds is 4. The van der Waals surface area contributed by atoms with Gasteiger partial charge in [0.25, 0.3) is 5.69 Å². The minimum atomic E-state index is -1.17. The molecular weight excluding hydrogens is 323 g/mol. The summed E-state index contributed by atoms with van der Waals surface area (Å²) in [5.41, 5.74) is -0.349. The third kappa shape index (κ3) is 3.39. The molecule has 0 aliphatic rings. The lowest BCUT2D eigenvalue weighted by atomic mass is 10.3. The number of carboxylic acid groups (broad SMARTS) is 1. The molecule has 0 saturated carbocycles. The highest BCUT2D eigenvalue weighted by molar-refractivity contribution is 6.33. The van der Waals surface area contributed by atoms with E-state index in [1.165, 1.54) is 24.3 Å². The van der Waals surface area contributed by atoms with Crippen LogP contribution in [0.1, 0.15) is 10.4 Å². The van der Waals surface area contributed by atoms with Crippen LogP contribution in [0.25, 0.3) is 0 Å². The minimum Gasteiger partial charge on any atom is -0.478 e. The van der Waals surface area contributed by atoms with Gasteiger partial charge in [0, 0.05) is 18.3 Å². The molecule has 0 atom stereocenters. The van der Waals surface area contributed by atoms with Crippen LogP contribution in [0.2, 0.25) is 10.0 Å². The average molecular weight is 329 g/mol. The van der Waals surface area contributed by atoms with Crippen LogP contribution in [0, 0.1) is 10.1 Å². The third-order valence-electron chi connectivity index (χ3n) is 2.38. The number of aromatic carboxylic acids is 1. The standard InChI is InChI=1S/C12H6Cl2N2O5/c13-8-4-7(1-2-10(8)16(19)20)21-11-9(14)3-6(5-15-11)12(17)18/h1-5H,(H,17,18). The summed E-state index contributed by atoms with van der Waals surface area (Å²) in [7, 11) is 0. The van der Waals surface area contributed by atoms with Crippen LogP contribution in [0.4, 0.5) is 5.69 Å². The van der Waals surface area contributed by atoms with Crippen LogP contribution < -0.4 is 4.74 Å². The number of hydrogen-bond donors (Lipinski definition) is 1. The quantitative estimate of drug-likeness (QED) is 0.676. The highest BCUT2D eigenvalue weighted by atomic mass is 35.5. The summed E-state index contributed by atoms with van der Waals surface area (Å²) in [6.07, 6.45) is 1.08. The van der Waals surface area contributed by atoms with Crippen LogP contribution in [0.3, 0.4) is 0 Å². The van der Waals surface area contributed by atoms with E-state index in [0.717, 1.165) is 6.20 Å². The Bertz CT molecular complexity index is 736. The van der Waals surface area contributed by atoms with Gasteiger partial charge in [-0.25, -0.2) is 9.78 Å². The summed E-state index contributed by atoms with van der Waals surface area (Å²) in [6, 6.07) is 4.92. The first-order valence-corrected chi connectivity index (χ1v) is 6.14. The molecule has 0 aliphatic heterocycles. The van der Waals surface area contributed by atoms with Crippen LogP contribution in [0.15, 0.2) is 30.5 Å². The third-order valence-corrected chi connectivity index (χ3v) is 2.96. The summed E-state index contributed by atoms with van der Waals surface area (Å²) in [5.74, 6) is -1.02. The Morgan fingerprint density at radius 1 is 1.29 bits per heavy atom. The number of nitrogens with zero attached hydrogens (tertiary/aromatic N) is 2. The van der Waals surface area contributed by atoms with Crippen LogP contribution in [-0.4, -0.2) is 21.0 Å². The molecule has 9 heteroatoms. The van der Waals surface area contributed by atoms with Gasteiger partial charge in [-0.1, -0.05) is 23.2 Å². The number of ether oxygens (including phenoxy) is 1. The summed E-state index contributed by atoms with van der Waals surface area (Å²) < 4.78 is 5.32. The smallest absolute Gasteiger partial charge is 0.337 e. The fourth-order valence-electron chi connectivity index (χ4n) is 1.43. The molecule has 21 heavy (non-hydrogen) atoms. The predicted molar refractivity (Wildman–Crippen MR) is 74.4 cm³/mol. The van der Waals surface area contributed by atoms with Crippen molar-refractivity contribution in [3.05, 3.63) is 56.2 Å². The van der Waals surface area contributed by atoms with E-state index in [0.29, 0.717) is 0 Å². The molecule has 1 N–H and O–H groups in total. The molecule has 0 unspecified atom stereocenters. The monoisotopic (exact) mass is 328 g/mol. The Balaban J connectivity index is 2.28. The number of halogens is 2. The van der Waals surface area contributed by atoms with E-state index in [2.05, 4.69) is 4.98 Å². The number of nitro groups is 1. The van der Waals surface area contributed by atoms with Crippen LogP contribution in [-0.2, 0) is 0 Å². The van der Waals surface area contributed by atoms with Crippen LogP contribution >= 0.6 is 23.2 Å². The van der Waals surface area contributed by atoms with Crippen molar-refractivity contribution in [3.63, 3.8) is 0 Å². The molecule has 108 valence electrons. The molecule has 0 bridgehead atoms. The Morgan fingerprint density at radius 2 is 2.00 bits per heavy atom. The first kappa shape index (κ1) is 15.0. The van der Waals surface area contributed by atoms with E-state index in [9.17, 15) is 14.9 Å². The molecule has 1 aromatic carbocycles. The molecule has 0 aliphatic carbocycles. The van der Waals surface area contributed by atoms with Gasteiger partial charge in [-0.2, -0.15) is 0 Å². The van der Waals surface area contributed by atoms with Gasteiger partial charge in [-0.15, -0.1) is 0 Å². The lowest BCUT2D eigenvalue weighted by Crippen LogP contribution is -1.98. The number of nitro benzene ring substituents is 1. The summed E-state index contributed by atoms with van der Waals surface area (Å²) in [4.78, 5) is 24.5. The fourth-order valence-corrected chi connectivity index (χ4v) is 1.87. The maximum absolute atomic E-state index is 10.7. The van der Waals surface area contributed by atoms with Crippen molar-refractivity contribution in [2.75, 3.05) is 0 Å².